The first-order chi connectivity index (χ1) is 8.37. The molecule has 2 N–H and O–H groups in total. The third-order valence-electron chi connectivity index (χ3n) is 2.18. The Morgan fingerprint density at radius 3 is 2.67 bits per heavy atom. The van der Waals surface area contributed by atoms with Crippen LogP contribution in [-0.2, 0) is 0 Å². The number of carbonyl (C=O) groups is 1. The number of carbonyl (C=O) groups excluding carboxylic acids is 1. The minimum atomic E-state index is -4.83. The molecule has 1 amide bonds. The Labute approximate surface area is 99.2 Å². The van der Waals surface area contributed by atoms with Gasteiger partial charge in [0.1, 0.15) is 5.75 Å². The van der Waals surface area contributed by atoms with Gasteiger partial charge in [0.05, 0.1) is 11.1 Å². The summed E-state index contributed by atoms with van der Waals surface area (Å²) in [5.41, 5.74) is 5.21. The maximum absolute atomic E-state index is 12.1. The van der Waals surface area contributed by atoms with Gasteiger partial charge in [-0.2, -0.15) is 0 Å². The van der Waals surface area contributed by atoms with E-state index in [1.807, 2.05) is 0 Å². The topological polar surface area (TPSA) is 65.2 Å². The van der Waals surface area contributed by atoms with Crippen molar-refractivity contribution in [3.63, 3.8) is 0 Å². The fourth-order valence-electron chi connectivity index (χ4n) is 1.55. The average Bonchev–Trinajstić information content (AvgIpc) is 2.25. The molecule has 0 saturated heterocycles. The third kappa shape index (κ3) is 2.50. The summed E-state index contributed by atoms with van der Waals surface area (Å²) in [5, 5.41) is 0.341. The fraction of sp³-hybridized carbons (Fsp3) is 0.0909. The van der Waals surface area contributed by atoms with E-state index >= 15 is 0 Å². The quantitative estimate of drug-likeness (QED) is 0.896. The van der Waals surface area contributed by atoms with E-state index in [-0.39, 0.29) is 11.1 Å². The van der Waals surface area contributed by atoms with Crippen molar-refractivity contribution in [1.82, 2.24) is 4.98 Å². The zero-order valence-electron chi connectivity index (χ0n) is 8.86. The molecule has 0 fully saturated rings. The van der Waals surface area contributed by atoms with Gasteiger partial charge in [-0.25, -0.2) is 0 Å². The summed E-state index contributed by atoms with van der Waals surface area (Å²) in [5.74, 6) is -1.37. The smallest absolute Gasteiger partial charge is 0.406 e. The molecule has 0 aliphatic carbocycles. The van der Waals surface area contributed by atoms with Gasteiger partial charge < -0.3 is 10.5 Å². The number of hydrogen-bond acceptors (Lipinski definition) is 3. The summed E-state index contributed by atoms with van der Waals surface area (Å²) >= 11 is 0. The molecule has 7 heteroatoms. The molecule has 0 aliphatic rings. The number of nitrogens with two attached hydrogens (primary N) is 1. The van der Waals surface area contributed by atoms with E-state index in [1.54, 1.807) is 0 Å². The van der Waals surface area contributed by atoms with Crippen molar-refractivity contribution in [2.45, 2.75) is 6.36 Å². The zero-order valence-corrected chi connectivity index (χ0v) is 8.86. The summed E-state index contributed by atoms with van der Waals surface area (Å²) in [6, 6.07) is 5.11. The number of benzene rings is 1. The Kier molecular flexibility index (Phi) is 2.82. The standard InChI is InChI=1S/C11H7F3N2O2/c12-11(13,14)18-7-4-6-2-1-3-16-9(6)8(5-7)10(15)17/h1-5H,(H2,15,17). The van der Waals surface area contributed by atoms with E-state index in [0.29, 0.717) is 5.39 Å². The zero-order chi connectivity index (χ0) is 13.3. The molecule has 0 atom stereocenters. The van der Waals surface area contributed by atoms with Crippen LogP contribution in [0.15, 0.2) is 30.5 Å². The van der Waals surface area contributed by atoms with Crippen LogP contribution in [-0.4, -0.2) is 17.3 Å². The molecule has 0 saturated carbocycles. The minimum Gasteiger partial charge on any atom is -0.406 e. The highest BCUT2D eigenvalue weighted by atomic mass is 19.4. The van der Waals surface area contributed by atoms with Crippen LogP contribution in [0.25, 0.3) is 10.9 Å². The van der Waals surface area contributed by atoms with Crippen molar-refractivity contribution in [1.29, 1.82) is 0 Å². The number of rotatable bonds is 2. The van der Waals surface area contributed by atoms with E-state index in [2.05, 4.69) is 9.72 Å². The summed E-state index contributed by atoms with van der Waals surface area (Å²) in [4.78, 5) is 15.1. The maximum atomic E-state index is 12.1. The van der Waals surface area contributed by atoms with Crippen LogP contribution >= 0.6 is 0 Å². The molecule has 1 aromatic carbocycles. The molecule has 94 valence electrons. The van der Waals surface area contributed by atoms with Gasteiger partial charge in [0.25, 0.3) is 5.91 Å². The predicted molar refractivity (Wildman–Crippen MR) is 56.9 cm³/mol. The molecule has 18 heavy (non-hydrogen) atoms. The van der Waals surface area contributed by atoms with Crippen LogP contribution in [0, 0.1) is 0 Å². The lowest BCUT2D eigenvalue weighted by molar-refractivity contribution is -0.274. The lowest BCUT2D eigenvalue weighted by atomic mass is 10.1. The van der Waals surface area contributed by atoms with Crippen molar-refractivity contribution in [3.05, 3.63) is 36.0 Å². The lowest BCUT2D eigenvalue weighted by Crippen LogP contribution is -2.18. The van der Waals surface area contributed by atoms with Crippen LogP contribution in [0.1, 0.15) is 10.4 Å². The van der Waals surface area contributed by atoms with Gasteiger partial charge in [0.15, 0.2) is 0 Å². The summed E-state index contributed by atoms with van der Waals surface area (Å²) in [6.07, 6.45) is -3.41. The van der Waals surface area contributed by atoms with Crippen molar-refractivity contribution in [2.24, 2.45) is 5.73 Å². The maximum Gasteiger partial charge on any atom is 0.573 e. The number of fused-ring (bicyclic) bond motifs is 1. The van der Waals surface area contributed by atoms with Crippen LogP contribution in [0.2, 0.25) is 0 Å². The van der Waals surface area contributed by atoms with Crippen molar-refractivity contribution in [3.8, 4) is 5.75 Å². The molecule has 1 aromatic heterocycles. The highest BCUT2D eigenvalue weighted by Gasteiger charge is 2.31. The van der Waals surface area contributed by atoms with E-state index in [0.717, 1.165) is 12.1 Å². The van der Waals surface area contributed by atoms with Crippen LogP contribution in [0.5, 0.6) is 5.75 Å². The molecule has 2 rings (SSSR count). The molecule has 2 aromatic rings. The van der Waals surface area contributed by atoms with Gasteiger partial charge in [-0.1, -0.05) is 6.07 Å². The minimum absolute atomic E-state index is 0.118. The molecule has 4 nitrogen and oxygen atoms in total. The number of alkyl halides is 3. The number of ether oxygens (including phenoxy) is 1. The Balaban J connectivity index is 2.61. The number of primary amides is 1. The molecule has 0 radical (unpaired) electrons. The second-order valence-electron chi connectivity index (χ2n) is 3.46. The molecular formula is C11H7F3N2O2. The normalized spacial score (nSPS) is 11.5. The summed E-state index contributed by atoms with van der Waals surface area (Å²) in [7, 11) is 0. The van der Waals surface area contributed by atoms with E-state index in [4.69, 9.17) is 5.73 Å². The van der Waals surface area contributed by atoms with Gasteiger partial charge >= 0.3 is 6.36 Å². The third-order valence-corrected chi connectivity index (χ3v) is 2.18. The van der Waals surface area contributed by atoms with Crippen molar-refractivity contribution < 1.29 is 22.7 Å². The monoisotopic (exact) mass is 256 g/mol. The van der Waals surface area contributed by atoms with Crippen LogP contribution < -0.4 is 10.5 Å². The first kappa shape index (κ1) is 12.2. The summed E-state index contributed by atoms with van der Waals surface area (Å²) < 4.78 is 40.1. The van der Waals surface area contributed by atoms with Crippen LogP contribution in [0.3, 0.4) is 0 Å². The van der Waals surface area contributed by atoms with Crippen molar-refractivity contribution >= 4 is 16.8 Å². The average molecular weight is 256 g/mol. The molecule has 0 aliphatic heterocycles. The second kappa shape index (κ2) is 4.17. The Bertz CT molecular complexity index is 611. The molecule has 0 unspecified atom stereocenters. The highest BCUT2D eigenvalue weighted by molar-refractivity contribution is 6.05. The SMILES string of the molecule is NC(=O)c1cc(OC(F)(F)F)cc2cccnc12. The predicted octanol–water partition coefficient (Wildman–Crippen LogP) is 2.23. The second-order valence-corrected chi connectivity index (χ2v) is 3.46. The number of nitrogens with zero attached hydrogens (tertiary/aromatic N) is 1. The van der Waals surface area contributed by atoms with Gasteiger partial charge in [-0.05, 0) is 18.2 Å². The molecule has 0 spiro atoms. The van der Waals surface area contributed by atoms with Gasteiger partial charge in [0, 0.05) is 11.6 Å². The van der Waals surface area contributed by atoms with Crippen LogP contribution in [0.4, 0.5) is 13.2 Å². The molecule has 0 bridgehead atoms. The van der Waals surface area contributed by atoms with E-state index < -0.39 is 18.0 Å². The number of hydrogen-bond donors (Lipinski definition) is 1. The first-order valence-electron chi connectivity index (χ1n) is 4.81. The lowest BCUT2D eigenvalue weighted by Gasteiger charge is -2.11. The Morgan fingerprint density at radius 1 is 1.33 bits per heavy atom. The van der Waals surface area contributed by atoms with E-state index in [9.17, 15) is 18.0 Å². The van der Waals surface area contributed by atoms with Gasteiger partial charge in [-0.15, -0.1) is 13.2 Å². The summed E-state index contributed by atoms with van der Waals surface area (Å²) in [6.45, 7) is 0. The van der Waals surface area contributed by atoms with Gasteiger partial charge in [-0.3, -0.25) is 9.78 Å². The molecular weight excluding hydrogens is 249 g/mol. The van der Waals surface area contributed by atoms with Crippen molar-refractivity contribution in [2.75, 3.05) is 0 Å². The van der Waals surface area contributed by atoms with Gasteiger partial charge in [0.2, 0.25) is 0 Å². The molecule has 1 heterocycles. The number of amides is 1. The Morgan fingerprint density at radius 2 is 2.06 bits per heavy atom. The largest absolute Gasteiger partial charge is 0.573 e. The Hall–Kier alpha value is -2.31. The number of aromatic nitrogens is 1. The van der Waals surface area contributed by atoms with E-state index in [1.165, 1.54) is 18.3 Å². The fourth-order valence-corrected chi connectivity index (χ4v) is 1.55. The highest BCUT2D eigenvalue weighted by Crippen LogP contribution is 2.28. The number of pyridine rings is 1. The number of halogens is 3. The first-order valence-corrected chi connectivity index (χ1v) is 4.81.